The zero-order valence-electron chi connectivity index (χ0n) is 17.4. The monoisotopic (exact) mass is 441 g/mol. The third-order valence-electron chi connectivity index (χ3n) is 4.53. The van der Waals surface area contributed by atoms with Crippen LogP contribution in [0.5, 0.6) is 17.2 Å². The number of rotatable bonds is 8. The molecule has 0 unspecified atom stereocenters. The number of hydrogen-bond acceptors (Lipinski definition) is 6. The van der Waals surface area contributed by atoms with Crippen molar-refractivity contribution in [3.05, 3.63) is 78.4 Å². The van der Waals surface area contributed by atoms with Crippen LogP contribution in [-0.4, -0.2) is 35.2 Å². The van der Waals surface area contributed by atoms with E-state index in [1.165, 1.54) is 11.4 Å². The minimum atomic E-state index is -3.68. The van der Waals surface area contributed by atoms with Crippen molar-refractivity contribution in [2.24, 2.45) is 0 Å². The fourth-order valence-corrected chi connectivity index (χ4v) is 3.90. The number of aryl methyl sites for hydroxylation is 1. The molecule has 0 heterocycles. The highest BCUT2D eigenvalue weighted by Crippen LogP contribution is 2.24. The maximum atomic E-state index is 12.8. The van der Waals surface area contributed by atoms with Gasteiger partial charge in [0.15, 0.2) is 6.61 Å². The zero-order valence-corrected chi connectivity index (χ0v) is 18.3. The van der Waals surface area contributed by atoms with Crippen LogP contribution in [0.3, 0.4) is 0 Å². The van der Waals surface area contributed by atoms with Crippen molar-refractivity contribution < 1.29 is 27.4 Å². The summed E-state index contributed by atoms with van der Waals surface area (Å²) in [6, 6.07) is 19.7. The molecule has 0 fully saturated rings. The van der Waals surface area contributed by atoms with Crippen LogP contribution in [0, 0.1) is 6.92 Å². The summed E-state index contributed by atoms with van der Waals surface area (Å²) in [5.74, 6) is 0.892. The fourth-order valence-electron chi connectivity index (χ4n) is 2.71. The van der Waals surface area contributed by atoms with Crippen molar-refractivity contribution in [3.63, 3.8) is 0 Å². The van der Waals surface area contributed by atoms with Crippen molar-refractivity contribution >= 4 is 21.7 Å². The first-order valence-corrected chi connectivity index (χ1v) is 10.9. The van der Waals surface area contributed by atoms with Gasteiger partial charge in [-0.05, 0) is 67.6 Å². The largest absolute Gasteiger partial charge is 0.497 e. The van der Waals surface area contributed by atoms with Gasteiger partial charge in [0.1, 0.15) is 17.2 Å². The van der Waals surface area contributed by atoms with Crippen molar-refractivity contribution in [3.8, 4) is 17.2 Å². The average Bonchev–Trinajstić information content (AvgIpc) is 2.78. The Bertz CT molecular complexity index is 1120. The Morgan fingerprint density at radius 1 is 0.839 bits per heavy atom. The first kappa shape index (κ1) is 22.2. The Labute approximate surface area is 181 Å². The van der Waals surface area contributed by atoms with Crippen molar-refractivity contribution in [2.75, 3.05) is 25.1 Å². The summed E-state index contributed by atoms with van der Waals surface area (Å²) in [7, 11) is -0.643. The Balaban J connectivity index is 1.59. The van der Waals surface area contributed by atoms with E-state index in [1.807, 2.05) is 6.92 Å². The van der Waals surface area contributed by atoms with E-state index in [4.69, 9.17) is 14.2 Å². The van der Waals surface area contributed by atoms with Crippen LogP contribution in [-0.2, 0) is 14.8 Å². The lowest BCUT2D eigenvalue weighted by molar-refractivity contribution is -0.136. The van der Waals surface area contributed by atoms with Crippen LogP contribution in [0.4, 0.5) is 5.69 Å². The Kier molecular flexibility index (Phi) is 6.81. The van der Waals surface area contributed by atoms with E-state index >= 15 is 0 Å². The number of ether oxygens (including phenoxy) is 3. The number of anilines is 1. The van der Waals surface area contributed by atoms with Gasteiger partial charge in [-0.25, -0.2) is 13.2 Å². The molecule has 0 saturated carbocycles. The van der Waals surface area contributed by atoms with E-state index in [1.54, 1.807) is 79.9 Å². The predicted molar refractivity (Wildman–Crippen MR) is 117 cm³/mol. The van der Waals surface area contributed by atoms with E-state index in [0.29, 0.717) is 22.9 Å². The van der Waals surface area contributed by atoms with Crippen LogP contribution >= 0.6 is 0 Å². The normalized spacial score (nSPS) is 10.9. The standard InChI is InChI=1S/C23H23NO6S/c1-17-4-14-22(15-5-17)31(26,27)24(2)18-6-8-20(9-7-18)29-16-23(25)30-21-12-10-19(28-3)11-13-21/h4-15H,16H2,1-3H3. The summed E-state index contributed by atoms with van der Waals surface area (Å²) < 4.78 is 42.4. The molecule has 0 saturated heterocycles. The van der Waals surface area contributed by atoms with Gasteiger partial charge < -0.3 is 14.2 Å². The van der Waals surface area contributed by atoms with Gasteiger partial charge in [-0.15, -0.1) is 0 Å². The molecular weight excluding hydrogens is 418 g/mol. The lowest BCUT2D eigenvalue weighted by Gasteiger charge is -2.20. The fraction of sp³-hybridized carbons (Fsp3) is 0.174. The molecule has 0 aromatic heterocycles. The number of nitrogens with zero attached hydrogens (tertiary/aromatic N) is 1. The molecule has 0 aliphatic heterocycles. The molecule has 8 heteroatoms. The number of carbonyl (C=O) groups excluding carboxylic acids is 1. The second-order valence-corrected chi connectivity index (χ2v) is 8.69. The van der Waals surface area contributed by atoms with Gasteiger partial charge in [0.2, 0.25) is 0 Å². The highest BCUT2D eigenvalue weighted by molar-refractivity contribution is 7.92. The van der Waals surface area contributed by atoms with E-state index in [2.05, 4.69) is 0 Å². The van der Waals surface area contributed by atoms with Crippen LogP contribution in [0.15, 0.2) is 77.7 Å². The van der Waals surface area contributed by atoms with Gasteiger partial charge >= 0.3 is 5.97 Å². The molecule has 0 aliphatic rings. The summed E-state index contributed by atoms with van der Waals surface area (Å²) in [5.41, 5.74) is 1.45. The maximum absolute atomic E-state index is 12.8. The SMILES string of the molecule is COc1ccc(OC(=O)COc2ccc(N(C)S(=O)(=O)c3ccc(C)cc3)cc2)cc1. The third kappa shape index (κ3) is 5.55. The van der Waals surface area contributed by atoms with Crippen molar-refractivity contribution in [2.45, 2.75) is 11.8 Å². The minimum Gasteiger partial charge on any atom is -0.497 e. The van der Waals surface area contributed by atoms with Crippen molar-refractivity contribution in [1.29, 1.82) is 0 Å². The quantitative estimate of drug-likeness (QED) is 0.391. The molecule has 3 aromatic carbocycles. The molecule has 3 rings (SSSR count). The van der Waals surface area contributed by atoms with Crippen LogP contribution < -0.4 is 18.5 Å². The molecule has 162 valence electrons. The van der Waals surface area contributed by atoms with Gasteiger partial charge in [0.05, 0.1) is 17.7 Å². The van der Waals surface area contributed by atoms with Crippen molar-refractivity contribution in [1.82, 2.24) is 0 Å². The number of methoxy groups -OCH3 is 1. The van der Waals surface area contributed by atoms with Gasteiger partial charge in [-0.1, -0.05) is 17.7 Å². The molecule has 0 amide bonds. The zero-order chi connectivity index (χ0) is 22.4. The van der Waals surface area contributed by atoms with Gasteiger partial charge in [-0.3, -0.25) is 4.31 Å². The first-order chi connectivity index (χ1) is 14.8. The summed E-state index contributed by atoms with van der Waals surface area (Å²) in [6.07, 6.45) is 0. The third-order valence-corrected chi connectivity index (χ3v) is 6.33. The second kappa shape index (κ2) is 9.53. The molecule has 31 heavy (non-hydrogen) atoms. The minimum absolute atomic E-state index is 0.210. The molecular formula is C23H23NO6S. The summed E-state index contributed by atoms with van der Waals surface area (Å²) in [6.45, 7) is 1.61. The molecule has 3 aromatic rings. The number of hydrogen-bond donors (Lipinski definition) is 0. The maximum Gasteiger partial charge on any atom is 0.349 e. The molecule has 0 bridgehead atoms. The van der Waals surface area contributed by atoms with Gasteiger partial charge in [0.25, 0.3) is 10.0 Å². The lowest BCUT2D eigenvalue weighted by atomic mass is 10.2. The highest BCUT2D eigenvalue weighted by atomic mass is 32.2. The molecule has 0 radical (unpaired) electrons. The number of carbonyl (C=O) groups is 1. The smallest absolute Gasteiger partial charge is 0.349 e. The number of esters is 1. The van der Waals surface area contributed by atoms with Gasteiger partial charge in [-0.2, -0.15) is 0 Å². The Morgan fingerprint density at radius 3 is 1.97 bits per heavy atom. The molecule has 0 spiro atoms. The molecule has 0 atom stereocenters. The predicted octanol–water partition coefficient (Wildman–Crippen LogP) is 3.81. The molecule has 0 N–H and O–H groups in total. The Hall–Kier alpha value is -3.52. The molecule has 0 aliphatic carbocycles. The van der Waals surface area contributed by atoms with Crippen LogP contribution in [0.25, 0.3) is 0 Å². The van der Waals surface area contributed by atoms with E-state index in [-0.39, 0.29) is 11.5 Å². The number of benzene rings is 3. The lowest BCUT2D eigenvalue weighted by Crippen LogP contribution is -2.26. The number of sulfonamides is 1. The molecule has 7 nitrogen and oxygen atoms in total. The van der Waals surface area contributed by atoms with E-state index in [9.17, 15) is 13.2 Å². The van der Waals surface area contributed by atoms with Crippen LogP contribution in [0.2, 0.25) is 0 Å². The second-order valence-electron chi connectivity index (χ2n) is 6.72. The summed E-state index contributed by atoms with van der Waals surface area (Å²) >= 11 is 0. The summed E-state index contributed by atoms with van der Waals surface area (Å²) in [5, 5.41) is 0. The van der Waals surface area contributed by atoms with Gasteiger partial charge in [0, 0.05) is 7.05 Å². The summed E-state index contributed by atoms with van der Waals surface area (Å²) in [4.78, 5) is 12.2. The Morgan fingerprint density at radius 2 is 1.39 bits per heavy atom. The first-order valence-electron chi connectivity index (χ1n) is 9.43. The topological polar surface area (TPSA) is 82.1 Å². The highest BCUT2D eigenvalue weighted by Gasteiger charge is 2.21. The van der Waals surface area contributed by atoms with E-state index in [0.717, 1.165) is 5.56 Å². The van der Waals surface area contributed by atoms with Crippen LogP contribution in [0.1, 0.15) is 5.56 Å². The average molecular weight is 442 g/mol. The van der Waals surface area contributed by atoms with E-state index < -0.39 is 16.0 Å².